The monoisotopic (exact) mass is 403 g/mol. The number of hydrogen-bond donors (Lipinski definition) is 0. The van der Waals surface area contributed by atoms with Crippen molar-refractivity contribution in [1.82, 2.24) is 15.0 Å². The average Bonchev–Trinajstić information content (AvgIpc) is 2.77. The van der Waals surface area contributed by atoms with Crippen molar-refractivity contribution in [2.24, 2.45) is 0 Å². The van der Waals surface area contributed by atoms with Crippen LogP contribution in [0.2, 0.25) is 5.28 Å². The van der Waals surface area contributed by atoms with E-state index in [1.807, 2.05) is 30.3 Å². The van der Waals surface area contributed by atoms with Crippen LogP contribution in [0.3, 0.4) is 0 Å². The summed E-state index contributed by atoms with van der Waals surface area (Å²) in [6, 6.07) is 18.5. The summed E-state index contributed by atoms with van der Waals surface area (Å²) < 4.78 is 0. The minimum atomic E-state index is 0.205. The third-order valence-electron chi connectivity index (χ3n) is 6.08. The lowest BCUT2D eigenvalue weighted by Gasteiger charge is -2.19. The summed E-state index contributed by atoms with van der Waals surface area (Å²) in [4.78, 5) is 13.7. The zero-order valence-electron chi connectivity index (χ0n) is 17.9. The van der Waals surface area contributed by atoms with Crippen molar-refractivity contribution >= 4 is 78.1 Å². The van der Waals surface area contributed by atoms with E-state index in [-0.39, 0.29) is 5.28 Å². The first-order valence-electron chi connectivity index (χ1n) is 10.0. The number of aromatic nitrogens is 3. The molecule has 140 valence electrons. The second-order valence-corrected chi connectivity index (χ2v) is 8.03. The highest BCUT2D eigenvalue weighted by atomic mass is 35.5. The van der Waals surface area contributed by atoms with Gasteiger partial charge in [-0.15, -0.1) is 16.4 Å². The van der Waals surface area contributed by atoms with Gasteiger partial charge in [0.1, 0.15) is 39.2 Å². The van der Waals surface area contributed by atoms with Crippen molar-refractivity contribution in [3.05, 3.63) is 59.9 Å². The highest BCUT2D eigenvalue weighted by Crippen LogP contribution is 2.24. The molecule has 0 aliphatic carbocycles. The number of nitrogens with zero attached hydrogens (tertiary/aromatic N) is 3. The van der Waals surface area contributed by atoms with Gasteiger partial charge < -0.3 is 0 Å². The third kappa shape index (κ3) is 3.72. The third-order valence-corrected chi connectivity index (χ3v) is 6.25. The predicted octanol–water partition coefficient (Wildman–Crippen LogP) is -3.18. The van der Waals surface area contributed by atoms with Gasteiger partial charge in [0.05, 0.1) is 0 Å². The Labute approximate surface area is 186 Å². The Morgan fingerprint density at radius 1 is 0.500 bits per heavy atom. The second-order valence-electron chi connectivity index (χ2n) is 7.70. The van der Waals surface area contributed by atoms with Crippen molar-refractivity contribution in [3.8, 4) is 33.9 Å². The van der Waals surface area contributed by atoms with Gasteiger partial charge in [0.25, 0.3) is 0 Å². The molecule has 0 N–H and O–H groups in total. The average molecular weight is 403 g/mol. The molecule has 1 aromatic heterocycles. The summed E-state index contributed by atoms with van der Waals surface area (Å²) in [6.07, 6.45) is 0. The largest absolute Gasteiger partial charge is 0.226 e. The maximum absolute atomic E-state index is 6.33. The van der Waals surface area contributed by atoms with E-state index in [1.54, 1.807) is 0 Å². The molecule has 0 fully saturated rings. The van der Waals surface area contributed by atoms with Gasteiger partial charge in [0.15, 0.2) is 11.6 Å². The zero-order chi connectivity index (χ0) is 21.4. The Balaban J connectivity index is 1.81. The maximum Gasteiger partial charge on any atom is 0.226 e. The van der Waals surface area contributed by atoms with E-state index in [9.17, 15) is 0 Å². The van der Waals surface area contributed by atoms with Crippen molar-refractivity contribution in [2.45, 2.75) is 0 Å². The first kappa shape index (κ1) is 20.6. The fraction of sp³-hybridized carbons (Fsp3) is 0. The van der Waals surface area contributed by atoms with Gasteiger partial charge in [-0.25, -0.2) is 4.98 Å². The topological polar surface area (TPSA) is 38.7 Å². The molecule has 0 saturated heterocycles. The predicted molar refractivity (Wildman–Crippen MR) is 142 cm³/mol. The number of rotatable bonds is 3. The van der Waals surface area contributed by atoms with Crippen molar-refractivity contribution < 1.29 is 0 Å². The van der Waals surface area contributed by atoms with E-state index in [4.69, 9.17) is 16.6 Å². The Hall–Kier alpha value is -2.72. The first-order chi connectivity index (χ1) is 14.4. The van der Waals surface area contributed by atoms with Crippen LogP contribution in [0.1, 0.15) is 0 Å². The Kier molecular flexibility index (Phi) is 5.61. The van der Waals surface area contributed by atoms with Crippen molar-refractivity contribution in [2.75, 3.05) is 0 Å². The number of hydrogen-bond acceptors (Lipinski definition) is 3. The maximum atomic E-state index is 6.33. The van der Waals surface area contributed by atoms with E-state index in [1.165, 1.54) is 32.9 Å². The van der Waals surface area contributed by atoms with Crippen LogP contribution in [0.25, 0.3) is 33.9 Å². The van der Waals surface area contributed by atoms with Crippen LogP contribution >= 0.6 is 11.6 Å². The molecular weight excluding hydrogens is 384 g/mol. The first-order valence-corrected chi connectivity index (χ1v) is 10.4. The molecule has 0 atom stereocenters. The molecule has 0 bridgehead atoms. The van der Waals surface area contributed by atoms with E-state index in [0.717, 1.165) is 16.7 Å². The van der Waals surface area contributed by atoms with Crippen LogP contribution in [-0.4, -0.2) is 54.2 Å². The molecule has 0 saturated carbocycles. The van der Waals surface area contributed by atoms with Crippen LogP contribution in [0, 0.1) is 0 Å². The highest BCUT2D eigenvalue weighted by Gasteiger charge is 2.17. The molecule has 3 aromatic carbocycles. The smallest absolute Gasteiger partial charge is 0.208 e. The lowest BCUT2D eigenvalue weighted by atomic mass is 9.60. The van der Waals surface area contributed by atoms with Gasteiger partial charge >= 0.3 is 0 Å². The van der Waals surface area contributed by atoms with Gasteiger partial charge in [-0.3, -0.25) is 0 Å². The highest BCUT2D eigenvalue weighted by molar-refractivity contribution is 6.68. The van der Waals surface area contributed by atoms with E-state index >= 15 is 0 Å². The zero-order valence-corrected chi connectivity index (χ0v) is 18.7. The summed E-state index contributed by atoms with van der Waals surface area (Å²) in [6.45, 7) is 0. The van der Waals surface area contributed by atoms with Crippen LogP contribution in [0.5, 0.6) is 0 Å². The summed E-state index contributed by atoms with van der Waals surface area (Å²) >= 11 is 6.33. The molecule has 1 heterocycles. The quantitative estimate of drug-likeness (QED) is 0.339. The minimum Gasteiger partial charge on any atom is -0.208 e. The molecule has 4 rings (SSSR count). The van der Waals surface area contributed by atoms with E-state index in [0.29, 0.717) is 11.6 Å². The van der Waals surface area contributed by atoms with E-state index in [2.05, 4.69) is 73.5 Å². The number of benzene rings is 3. The molecule has 4 aromatic rings. The Bertz CT molecular complexity index is 1220. The molecule has 3 nitrogen and oxygen atoms in total. The van der Waals surface area contributed by atoms with Gasteiger partial charge in [-0.1, -0.05) is 65.5 Å². The Morgan fingerprint density at radius 2 is 0.967 bits per heavy atom. The van der Waals surface area contributed by atoms with E-state index < -0.39 is 0 Å². The minimum absolute atomic E-state index is 0.205. The molecule has 0 aliphatic heterocycles. The standard InChI is InChI=1S/C21H19B5ClN3/c22-14-13(15(23)17(25)18(26)16(14)24)20-28-19(29-21(27)30-20)12-8-6-11(7-9-12)10-4-2-1-3-5-10/h1-9H,22-26H2. The van der Waals surface area contributed by atoms with Gasteiger partial charge in [-0.05, 0) is 22.7 Å². The summed E-state index contributed by atoms with van der Waals surface area (Å²) in [5.74, 6) is 1.21. The molecule has 30 heavy (non-hydrogen) atoms. The van der Waals surface area contributed by atoms with Crippen LogP contribution < -0.4 is 27.3 Å². The fourth-order valence-electron chi connectivity index (χ4n) is 3.87. The summed E-state index contributed by atoms with van der Waals surface area (Å²) in [5.41, 5.74) is 10.5. The SMILES string of the molecule is Bc1c(B)c(B)c(-c2nc(Cl)nc(-c3ccc(-c4ccccc4)cc3)n2)c(B)c1B. The second kappa shape index (κ2) is 8.19. The lowest BCUT2D eigenvalue weighted by molar-refractivity contribution is 1.07. The normalized spacial score (nSPS) is 10.8. The molecule has 0 unspecified atom stereocenters. The van der Waals surface area contributed by atoms with Crippen molar-refractivity contribution in [1.29, 1.82) is 0 Å². The fourth-order valence-corrected chi connectivity index (χ4v) is 4.03. The van der Waals surface area contributed by atoms with Gasteiger partial charge in [-0.2, -0.15) is 9.97 Å². The lowest BCUT2D eigenvalue weighted by Crippen LogP contribution is -2.55. The molecular formula is C21H19B5ClN3. The summed E-state index contributed by atoms with van der Waals surface area (Å²) in [5, 5.41) is 0.205. The van der Waals surface area contributed by atoms with Crippen molar-refractivity contribution in [3.63, 3.8) is 0 Å². The van der Waals surface area contributed by atoms with Crippen LogP contribution in [0.15, 0.2) is 54.6 Å². The molecule has 0 aliphatic rings. The Morgan fingerprint density at radius 3 is 1.57 bits per heavy atom. The molecule has 0 radical (unpaired) electrons. The molecule has 9 heteroatoms. The summed E-state index contributed by atoms with van der Waals surface area (Å²) in [7, 11) is 10.7. The van der Waals surface area contributed by atoms with Crippen LogP contribution in [-0.2, 0) is 0 Å². The van der Waals surface area contributed by atoms with Gasteiger partial charge in [0.2, 0.25) is 5.28 Å². The van der Waals surface area contributed by atoms with Gasteiger partial charge in [0, 0.05) is 11.1 Å². The molecule has 0 amide bonds. The molecule has 0 spiro atoms. The number of halogens is 1. The van der Waals surface area contributed by atoms with Crippen LogP contribution in [0.4, 0.5) is 0 Å².